The van der Waals surface area contributed by atoms with Crippen LogP contribution in [0.1, 0.15) is 21.1 Å². The van der Waals surface area contributed by atoms with Crippen molar-refractivity contribution >= 4 is 23.2 Å². The number of aliphatic carboxylic acids is 1. The maximum absolute atomic E-state index is 12.1. The lowest BCUT2D eigenvalue weighted by Crippen LogP contribution is -2.43. The topological polar surface area (TPSA) is 92.2 Å². The molecule has 0 aliphatic rings. The molecule has 0 aliphatic heterocycles. The first kappa shape index (κ1) is 16.1. The van der Waals surface area contributed by atoms with E-state index in [1.807, 2.05) is 13.8 Å². The van der Waals surface area contributed by atoms with Crippen LogP contribution in [0.2, 0.25) is 0 Å². The van der Waals surface area contributed by atoms with Gasteiger partial charge < -0.3 is 10.4 Å². The number of rotatable bonds is 6. The van der Waals surface area contributed by atoms with Crippen molar-refractivity contribution in [1.82, 2.24) is 15.3 Å². The van der Waals surface area contributed by atoms with Crippen LogP contribution < -0.4 is 5.32 Å². The van der Waals surface area contributed by atoms with Crippen LogP contribution in [0, 0.1) is 13.8 Å². The monoisotopic (exact) mass is 319 g/mol. The predicted molar refractivity (Wildman–Crippen MR) is 82.8 cm³/mol. The lowest BCUT2D eigenvalue weighted by molar-refractivity contribution is -0.141. The van der Waals surface area contributed by atoms with E-state index in [1.165, 1.54) is 11.3 Å². The van der Waals surface area contributed by atoms with Crippen molar-refractivity contribution in [3.63, 3.8) is 0 Å². The van der Waals surface area contributed by atoms with Gasteiger partial charge in [-0.05, 0) is 31.5 Å². The molecular formula is C15H17N3O3S. The molecule has 0 radical (unpaired) electrons. The number of carboxylic acid groups (broad SMARTS) is 1. The van der Waals surface area contributed by atoms with Crippen LogP contribution >= 0.6 is 11.3 Å². The van der Waals surface area contributed by atoms with Crippen molar-refractivity contribution in [1.29, 1.82) is 0 Å². The minimum Gasteiger partial charge on any atom is -0.480 e. The Hall–Kier alpha value is -2.28. The molecule has 0 aromatic carbocycles. The van der Waals surface area contributed by atoms with Crippen LogP contribution in [0.3, 0.4) is 0 Å². The SMILES string of the molecule is Cc1nc(CC(=O)NC(Cc2ccncc2)C(=O)O)c(C)s1. The van der Waals surface area contributed by atoms with E-state index in [0.717, 1.165) is 15.4 Å². The first-order valence-corrected chi connectivity index (χ1v) is 7.61. The predicted octanol–water partition coefficient (Wildman–Crippen LogP) is 1.51. The Bertz CT molecular complexity index is 670. The van der Waals surface area contributed by atoms with E-state index >= 15 is 0 Å². The Morgan fingerprint density at radius 1 is 1.32 bits per heavy atom. The zero-order valence-electron chi connectivity index (χ0n) is 12.4. The number of nitrogens with zero attached hydrogens (tertiary/aromatic N) is 2. The second-order valence-corrected chi connectivity index (χ2v) is 6.34. The van der Waals surface area contributed by atoms with Gasteiger partial charge in [-0.1, -0.05) is 0 Å². The number of aromatic nitrogens is 2. The van der Waals surface area contributed by atoms with E-state index in [0.29, 0.717) is 5.69 Å². The Morgan fingerprint density at radius 2 is 2.00 bits per heavy atom. The molecule has 1 amide bonds. The van der Waals surface area contributed by atoms with E-state index in [9.17, 15) is 14.7 Å². The molecule has 116 valence electrons. The minimum absolute atomic E-state index is 0.0936. The maximum Gasteiger partial charge on any atom is 0.326 e. The quantitative estimate of drug-likeness (QED) is 0.842. The number of hydrogen-bond acceptors (Lipinski definition) is 5. The summed E-state index contributed by atoms with van der Waals surface area (Å²) < 4.78 is 0. The third kappa shape index (κ3) is 4.36. The van der Waals surface area contributed by atoms with E-state index in [4.69, 9.17) is 0 Å². The Labute approximate surface area is 132 Å². The largest absolute Gasteiger partial charge is 0.480 e. The second-order valence-electron chi connectivity index (χ2n) is 4.93. The average molecular weight is 319 g/mol. The summed E-state index contributed by atoms with van der Waals surface area (Å²) in [6.07, 6.45) is 3.50. The van der Waals surface area contributed by atoms with Gasteiger partial charge in [-0.3, -0.25) is 9.78 Å². The molecule has 1 unspecified atom stereocenters. The smallest absolute Gasteiger partial charge is 0.326 e. The molecule has 2 aromatic heterocycles. The third-order valence-corrected chi connectivity index (χ3v) is 4.08. The van der Waals surface area contributed by atoms with Gasteiger partial charge in [0.1, 0.15) is 6.04 Å². The van der Waals surface area contributed by atoms with E-state index in [1.54, 1.807) is 24.5 Å². The molecule has 7 heteroatoms. The number of pyridine rings is 1. The van der Waals surface area contributed by atoms with Gasteiger partial charge in [-0.2, -0.15) is 0 Å². The fraction of sp³-hybridized carbons (Fsp3) is 0.333. The summed E-state index contributed by atoms with van der Waals surface area (Å²) in [4.78, 5) is 32.5. The first-order chi connectivity index (χ1) is 10.5. The van der Waals surface area contributed by atoms with Crippen LogP contribution in [0.25, 0.3) is 0 Å². The zero-order valence-corrected chi connectivity index (χ0v) is 13.2. The molecule has 22 heavy (non-hydrogen) atoms. The molecule has 0 saturated carbocycles. The van der Waals surface area contributed by atoms with Gasteiger partial charge in [0.25, 0.3) is 0 Å². The standard InChI is InChI=1S/C15H17N3O3S/c1-9-12(17-10(2)22-9)8-14(19)18-13(15(20)21)7-11-3-5-16-6-4-11/h3-6,13H,7-8H2,1-2H3,(H,18,19)(H,20,21). The number of carbonyl (C=O) groups is 2. The molecule has 0 bridgehead atoms. The molecule has 6 nitrogen and oxygen atoms in total. The second kappa shape index (κ2) is 7.13. The highest BCUT2D eigenvalue weighted by atomic mass is 32.1. The summed E-state index contributed by atoms with van der Waals surface area (Å²) >= 11 is 1.52. The minimum atomic E-state index is -1.06. The number of nitrogens with one attached hydrogen (secondary N) is 1. The summed E-state index contributed by atoms with van der Waals surface area (Å²) in [6.45, 7) is 3.78. The molecule has 2 heterocycles. The van der Waals surface area contributed by atoms with Crippen molar-refractivity contribution in [3.05, 3.63) is 45.7 Å². The summed E-state index contributed by atoms with van der Waals surface area (Å²) in [5.41, 5.74) is 1.51. The summed E-state index contributed by atoms with van der Waals surface area (Å²) in [7, 11) is 0. The lowest BCUT2D eigenvalue weighted by Gasteiger charge is -2.14. The Kier molecular flexibility index (Phi) is 5.21. The normalized spacial score (nSPS) is 11.9. The van der Waals surface area contributed by atoms with Crippen molar-refractivity contribution in [3.8, 4) is 0 Å². The van der Waals surface area contributed by atoms with Crippen LogP contribution in [-0.2, 0) is 22.4 Å². The number of carboxylic acids is 1. The molecule has 1 atom stereocenters. The van der Waals surface area contributed by atoms with Crippen LogP contribution in [0.5, 0.6) is 0 Å². The fourth-order valence-electron chi connectivity index (χ4n) is 2.09. The molecule has 0 aliphatic carbocycles. The fourth-order valence-corrected chi connectivity index (χ4v) is 2.92. The van der Waals surface area contributed by atoms with Crippen molar-refractivity contribution in [2.45, 2.75) is 32.7 Å². The molecule has 2 rings (SSSR count). The molecule has 2 aromatic rings. The number of hydrogen-bond donors (Lipinski definition) is 2. The van der Waals surface area contributed by atoms with Crippen molar-refractivity contribution < 1.29 is 14.7 Å². The van der Waals surface area contributed by atoms with Gasteiger partial charge in [0.05, 0.1) is 17.1 Å². The molecular weight excluding hydrogens is 302 g/mol. The van der Waals surface area contributed by atoms with Crippen molar-refractivity contribution in [2.24, 2.45) is 0 Å². The van der Waals surface area contributed by atoms with Crippen LogP contribution in [-0.4, -0.2) is 33.0 Å². The Balaban J connectivity index is 2.00. The number of carbonyl (C=O) groups excluding carboxylic acids is 1. The van der Waals surface area contributed by atoms with E-state index in [-0.39, 0.29) is 18.7 Å². The maximum atomic E-state index is 12.1. The molecule has 2 N–H and O–H groups in total. The van der Waals surface area contributed by atoms with Gasteiger partial charge >= 0.3 is 5.97 Å². The number of amides is 1. The van der Waals surface area contributed by atoms with Gasteiger partial charge in [0.2, 0.25) is 5.91 Å². The Morgan fingerprint density at radius 3 is 2.55 bits per heavy atom. The van der Waals surface area contributed by atoms with Gasteiger partial charge in [-0.15, -0.1) is 11.3 Å². The highest BCUT2D eigenvalue weighted by Crippen LogP contribution is 2.16. The molecule has 0 spiro atoms. The zero-order chi connectivity index (χ0) is 16.1. The van der Waals surface area contributed by atoms with E-state index in [2.05, 4.69) is 15.3 Å². The first-order valence-electron chi connectivity index (χ1n) is 6.79. The molecule has 0 saturated heterocycles. The summed E-state index contributed by atoms with van der Waals surface area (Å²) in [5.74, 6) is -1.40. The number of thiazole rings is 1. The summed E-state index contributed by atoms with van der Waals surface area (Å²) in [5, 5.41) is 12.7. The van der Waals surface area contributed by atoms with Crippen molar-refractivity contribution in [2.75, 3.05) is 0 Å². The van der Waals surface area contributed by atoms with Crippen LogP contribution in [0.15, 0.2) is 24.5 Å². The summed E-state index contributed by atoms with van der Waals surface area (Å²) in [6, 6.07) is 2.50. The highest BCUT2D eigenvalue weighted by Gasteiger charge is 2.21. The molecule has 0 fully saturated rings. The van der Waals surface area contributed by atoms with Gasteiger partial charge in [0, 0.05) is 23.7 Å². The average Bonchev–Trinajstić information content (AvgIpc) is 2.77. The van der Waals surface area contributed by atoms with Gasteiger partial charge in [-0.25, -0.2) is 9.78 Å². The number of aryl methyl sites for hydroxylation is 2. The van der Waals surface area contributed by atoms with Crippen LogP contribution in [0.4, 0.5) is 0 Å². The highest BCUT2D eigenvalue weighted by molar-refractivity contribution is 7.11. The van der Waals surface area contributed by atoms with Gasteiger partial charge in [0.15, 0.2) is 0 Å². The lowest BCUT2D eigenvalue weighted by atomic mass is 10.1. The third-order valence-electron chi connectivity index (χ3n) is 3.15. The van der Waals surface area contributed by atoms with E-state index < -0.39 is 12.0 Å².